The number of primary sulfonamides is 1. The van der Waals surface area contributed by atoms with Crippen molar-refractivity contribution in [3.63, 3.8) is 0 Å². The molecule has 4 aliphatic carbocycles. The van der Waals surface area contributed by atoms with Crippen LogP contribution in [0.3, 0.4) is 0 Å². The maximum absolute atomic E-state index is 12.6. The minimum absolute atomic E-state index is 0.0356. The lowest BCUT2D eigenvalue weighted by Gasteiger charge is -2.59. The summed E-state index contributed by atoms with van der Waals surface area (Å²) in [5.74, 6) is 2.54. The van der Waals surface area contributed by atoms with Crippen LogP contribution in [0.25, 0.3) is 0 Å². The van der Waals surface area contributed by atoms with Gasteiger partial charge >= 0.3 is 6.03 Å². The molecule has 4 aliphatic rings. The average molecular weight is 392 g/mol. The predicted molar refractivity (Wildman–Crippen MR) is 105 cm³/mol. The Morgan fingerprint density at radius 1 is 1.11 bits per heavy atom. The molecular formula is C20H29N3O3S. The molecule has 4 fully saturated rings. The zero-order valence-corrected chi connectivity index (χ0v) is 16.6. The van der Waals surface area contributed by atoms with Crippen LogP contribution in [0.1, 0.15) is 51.9 Å². The summed E-state index contributed by atoms with van der Waals surface area (Å²) in [5.41, 5.74) is 0.818. The van der Waals surface area contributed by atoms with Gasteiger partial charge in [-0.05, 0) is 92.4 Å². The second-order valence-corrected chi connectivity index (χ2v) is 10.5. The number of rotatable bonds is 5. The first-order valence-electron chi connectivity index (χ1n) is 9.98. The van der Waals surface area contributed by atoms with Crippen molar-refractivity contribution < 1.29 is 13.2 Å². The monoisotopic (exact) mass is 391 g/mol. The zero-order valence-electron chi connectivity index (χ0n) is 15.8. The summed E-state index contributed by atoms with van der Waals surface area (Å²) in [5, 5.41) is 11.2. The molecule has 0 saturated heterocycles. The van der Waals surface area contributed by atoms with E-state index in [1.54, 1.807) is 12.1 Å². The SMILES string of the molecule is CCC(NC(=O)Nc1ccc(S(N)(=O)=O)cc1)C12CC3CC(CC(C3)C1)C2. The summed E-state index contributed by atoms with van der Waals surface area (Å²) in [6.45, 7) is 2.16. The molecule has 27 heavy (non-hydrogen) atoms. The van der Waals surface area contributed by atoms with Gasteiger partial charge in [-0.1, -0.05) is 6.92 Å². The summed E-state index contributed by atoms with van der Waals surface area (Å²) < 4.78 is 22.7. The van der Waals surface area contributed by atoms with Crippen LogP contribution >= 0.6 is 0 Å². The van der Waals surface area contributed by atoms with Crippen molar-refractivity contribution in [3.8, 4) is 0 Å². The Labute approximate surface area is 161 Å². The number of benzene rings is 1. The molecular weight excluding hydrogens is 362 g/mol. The van der Waals surface area contributed by atoms with Gasteiger partial charge < -0.3 is 10.6 Å². The zero-order chi connectivity index (χ0) is 19.2. The molecule has 7 heteroatoms. The molecule has 0 aliphatic heterocycles. The van der Waals surface area contributed by atoms with Crippen molar-refractivity contribution in [1.82, 2.24) is 5.32 Å². The molecule has 4 N–H and O–H groups in total. The number of sulfonamides is 1. The summed E-state index contributed by atoms with van der Waals surface area (Å²) in [6, 6.07) is 5.90. The van der Waals surface area contributed by atoms with Gasteiger partial charge in [0.15, 0.2) is 0 Å². The van der Waals surface area contributed by atoms with Crippen LogP contribution in [0.15, 0.2) is 29.2 Å². The number of nitrogens with one attached hydrogen (secondary N) is 2. The number of hydrogen-bond donors (Lipinski definition) is 3. The van der Waals surface area contributed by atoms with E-state index < -0.39 is 10.0 Å². The summed E-state index contributed by atoms with van der Waals surface area (Å²) in [6.07, 6.45) is 8.85. The van der Waals surface area contributed by atoms with Crippen molar-refractivity contribution in [2.45, 2.75) is 62.8 Å². The lowest BCUT2D eigenvalue weighted by Crippen LogP contribution is -2.57. The molecule has 2 amide bonds. The smallest absolute Gasteiger partial charge is 0.319 e. The molecule has 0 heterocycles. The van der Waals surface area contributed by atoms with Crippen molar-refractivity contribution in [2.24, 2.45) is 28.3 Å². The fraction of sp³-hybridized carbons (Fsp3) is 0.650. The van der Waals surface area contributed by atoms with Gasteiger partial charge in [-0.3, -0.25) is 0 Å². The number of nitrogens with two attached hydrogens (primary N) is 1. The third-order valence-corrected chi connectivity index (χ3v) is 7.91. The molecule has 4 saturated carbocycles. The highest BCUT2D eigenvalue weighted by atomic mass is 32.2. The van der Waals surface area contributed by atoms with Gasteiger partial charge in [0, 0.05) is 11.7 Å². The largest absolute Gasteiger partial charge is 0.335 e. The minimum atomic E-state index is -3.73. The van der Waals surface area contributed by atoms with E-state index in [9.17, 15) is 13.2 Å². The Balaban J connectivity index is 1.42. The van der Waals surface area contributed by atoms with E-state index in [0.717, 1.165) is 24.2 Å². The highest BCUT2D eigenvalue weighted by molar-refractivity contribution is 7.89. The number of carbonyl (C=O) groups is 1. The van der Waals surface area contributed by atoms with E-state index in [1.165, 1.54) is 50.7 Å². The van der Waals surface area contributed by atoms with Crippen molar-refractivity contribution >= 4 is 21.7 Å². The van der Waals surface area contributed by atoms with E-state index >= 15 is 0 Å². The minimum Gasteiger partial charge on any atom is -0.335 e. The van der Waals surface area contributed by atoms with Gasteiger partial charge in [0.25, 0.3) is 0 Å². The quantitative estimate of drug-likeness (QED) is 0.716. The number of anilines is 1. The normalized spacial score (nSPS) is 32.9. The fourth-order valence-electron chi connectivity index (χ4n) is 6.35. The van der Waals surface area contributed by atoms with Gasteiger partial charge in [0.1, 0.15) is 0 Å². The molecule has 0 radical (unpaired) electrons. The lowest BCUT2D eigenvalue weighted by molar-refractivity contribution is -0.0719. The fourth-order valence-corrected chi connectivity index (χ4v) is 6.86. The number of hydrogen-bond acceptors (Lipinski definition) is 3. The summed E-state index contributed by atoms with van der Waals surface area (Å²) in [4.78, 5) is 12.6. The van der Waals surface area contributed by atoms with Gasteiger partial charge in [-0.15, -0.1) is 0 Å². The molecule has 1 unspecified atom stereocenters. The Morgan fingerprint density at radius 2 is 1.63 bits per heavy atom. The molecule has 0 spiro atoms. The molecule has 1 aromatic carbocycles. The Hall–Kier alpha value is -1.60. The van der Waals surface area contributed by atoms with E-state index in [1.807, 2.05) is 0 Å². The Morgan fingerprint density at radius 3 is 2.07 bits per heavy atom. The van der Waals surface area contributed by atoms with Crippen LogP contribution in [0.5, 0.6) is 0 Å². The molecule has 6 nitrogen and oxygen atoms in total. The highest BCUT2D eigenvalue weighted by Crippen LogP contribution is 2.61. The number of urea groups is 1. The predicted octanol–water partition coefficient (Wildman–Crippen LogP) is 3.45. The summed E-state index contributed by atoms with van der Waals surface area (Å²) >= 11 is 0. The third-order valence-electron chi connectivity index (χ3n) is 6.98. The molecule has 148 valence electrons. The summed E-state index contributed by atoms with van der Waals surface area (Å²) in [7, 11) is -3.73. The Kier molecular flexibility index (Phi) is 4.71. The Bertz CT molecular complexity index is 784. The van der Waals surface area contributed by atoms with E-state index in [2.05, 4.69) is 17.6 Å². The van der Waals surface area contributed by atoms with Crippen LogP contribution in [-0.2, 0) is 10.0 Å². The van der Waals surface area contributed by atoms with Crippen LogP contribution in [-0.4, -0.2) is 20.5 Å². The van der Waals surface area contributed by atoms with Gasteiger partial charge in [-0.25, -0.2) is 18.4 Å². The topological polar surface area (TPSA) is 101 Å². The standard InChI is InChI=1S/C20H29N3O3S/c1-2-18(20-10-13-7-14(11-20)9-15(8-13)12-20)23-19(24)22-16-3-5-17(6-4-16)27(21,25)26/h3-6,13-15,18H,2,7-12H2,1H3,(H2,21,25,26)(H2,22,23,24). The molecule has 0 aromatic heterocycles. The first kappa shape index (κ1) is 18.7. The molecule has 4 bridgehead atoms. The average Bonchev–Trinajstić information content (AvgIpc) is 2.58. The van der Waals surface area contributed by atoms with Crippen LogP contribution < -0.4 is 15.8 Å². The van der Waals surface area contributed by atoms with Crippen molar-refractivity contribution in [2.75, 3.05) is 5.32 Å². The van der Waals surface area contributed by atoms with Gasteiger partial charge in [0.2, 0.25) is 10.0 Å². The van der Waals surface area contributed by atoms with E-state index in [4.69, 9.17) is 5.14 Å². The molecule has 1 atom stereocenters. The van der Waals surface area contributed by atoms with Gasteiger partial charge in [-0.2, -0.15) is 0 Å². The second-order valence-electron chi connectivity index (χ2n) is 8.91. The third kappa shape index (κ3) is 3.72. The van der Waals surface area contributed by atoms with E-state index in [0.29, 0.717) is 5.69 Å². The van der Waals surface area contributed by atoms with Crippen LogP contribution in [0.2, 0.25) is 0 Å². The van der Waals surface area contributed by atoms with E-state index in [-0.39, 0.29) is 22.4 Å². The second kappa shape index (κ2) is 6.78. The molecule has 5 rings (SSSR count). The maximum Gasteiger partial charge on any atom is 0.319 e. The first-order valence-corrected chi connectivity index (χ1v) is 11.5. The first-order chi connectivity index (χ1) is 12.8. The van der Waals surface area contributed by atoms with Crippen LogP contribution in [0.4, 0.5) is 10.5 Å². The van der Waals surface area contributed by atoms with Crippen molar-refractivity contribution in [3.05, 3.63) is 24.3 Å². The van der Waals surface area contributed by atoms with Crippen molar-refractivity contribution in [1.29, 1.82) is 0 Å². The highest BCUT2D eigenvalue weighted by Gasteiger charge is 2.54. The number of amides is 2. The maximum atomic E-state index is 12.6. The molecule has 1 aromatic rings. The number of carbonyl (C=O) groups excluding carboxylic acids is 1. The van der Waals surface area contributed by atoms with Gasteiger partial charge in [0.05, 0.1) is 4.90 Å². The lowest BCUT2D eigenvalue weighted by atomic mass is 9.47. The van der Waals surface area contributed by atoms with Crippen LogP contribution in [0, 0.1) is 23.2 Å².